The molecule has 2 fully saturated rings. The molecular formula is C15H27N3O3. The molecule has 0 aromatic rings. The van der Waals surface area contributed by atoms with Gasteiger partial charge < -0.3 is 20.7 Å². The van der Waals surface area contributed by atoms with E-state index in [-0.39, 0.29) is 23.8 Å². The topological polar surface area (TPSA) is 84.7 Å². The summed E-state index contributed by atoms with van der Waals surface area (Å²) in [5, 5.41) is 2.86. The van der Waals surface area contributed by atoms with Gasteiger partial charge in [0.05, 0.1) is 13.2 Å². The average Bonchev–Trinajstić information content (AvgIpc) is 2.50. The van der Waals surface area contributed by atoms with Gasteiger partial charge in [0.15, 0.2) is 0 Å². The third-order valence-electron chi connectivity index (χ3n) is 4.68. The summed E-state index contributed by atoms with van der Waals surface area (Å²) in [5.41, 5.74) is 6.04. The zero-order chi connectivity index (χ0) is 15.4. The third kappa shape index (κ3) is 4.17. The van der Waals surface area contributed by atoms with Crippen LogP contribution in [0.25, 0.3) is 0 Å². The third-order valence-corrected chi connectivity index (χ3v) is 4.68. The van der Waals surface area contributed by atoms with Gasteiger partial charge in [0.2, 0.25) is 11.8 Å². The van der Waals surface area contributed by atoms with Crippen LogP contribution in [0, 0.1) is 11.8 Å². The van der Waals surface area contributed by atoms with Gasteiger partial charge in [-0.15, -0.1) is 0 Å². The molecule has 0 aromatic heterocycles. The van der Waals surface area contributed by atoms with E-state index in [2.05, 4.69) is 12.2 Å². The van der Waals surface area contributed by atoms with Crippen LogP contribution in [-0.4, -0.2) is 55.1 Å². The number of hydrogen-bond acceptors (Lipinski definition) is 4. The second kappa shape index (κ2) is 7.22. The molecule has 0 bridgehead atoms. The molecule has 4 atom stereocenters. The van der Waals surface area contributed by atoms with Crippen LogP contribution in [0.15, 0.2) is 0 Å². The van der Waals surface area contributed by atoms with E-state index in [9.17, 15) is 9.59 Å². The maximum absolute atomic E-state index is 12.3. The molecule has 1 saturated carbocycles. The number of rotatable bonds is 3. The number of hydrogen-bond donors (Lipinski definition) is 2. The number of nitrogens with two attached hydrogens (primary N) is 1. The minimum Gasteiger partial charge on any atom is -0.378 e. The highest BCUT2D eigenvalue weighted by molar-refractivity contribution is 5.88. The van der Waals surface area contributed by atoms with E-state index in [0.29, 0.717) is 38.6 Å². The molecule has 1 saturated heterocycles. The lowest BCUT2D eigenvalue weighted by Gasteiger charge is -2.33. The van der Waals surface area contributed by atoms with Gasteiger partial charge in [-0.25, -0.2) is 0 Å². The van der Waals surface area contributed by atoms with Crippen molar-refractivity contribution in [1.82, 2.24) is 10.2 Å². The Balaban J connectivity index is 1.82. The first kappa shape index (κ1) is 16.2. The van der Waals surface area contributed by atoms with Crippen molar-refractivity contribution in [3.63, 3.8) is 0 Å². The van der Waals surface area contributed by atoms with Gasteiger partial charge in [0, 0.05) is 25.0 Å². The van der Waals surface area contributed by atoms with E-state index in [1.165, 1.54) is 0 Å². The lowest BCUT2D eigenvalue weighted by molar-refractivity contribution is -0.140. The number of carbonyl (C=O) groups is 2. The Morgan fingerprint density at radius 2 is 1.95 bits per heavy atom. The highest BCUT2D eigenvalue weighted by atomic mass is 16.5. The number of nitrogens with one attached hydrogen (secondary N) is 1. The van der Waals surface area contributed by atoms with E-state index in [4.69, 9.17) is 10.5 Å². The zero-order valence-electron chi connectivity index (χ0n) is 13.0. The van der Waals surface area contributed by atoms with Crippen molar-refractivity contribution in [2.24, 2.45) is 17.6 Å². The summed E-state index contributed by atoms with van der Waals surface area (Å²) < 4.78 is 5.23. The molecule has 1 aliphatic carbocycles. The molecular weight excluding hydrogens is 270 g/mol. The largest absolute Gasteiger partial charge is 0.378 e. The van der Waals surface area contributed by atoms with Crippen LogP contribution in [0.5, 0.6) is 0 Å². The molecule has 0 radical (unpaired) electrons. The van der Waals surface area contributed by atoms with Crippen molar-refractivity contribution in [3.05, 3.63) is 0 Å². The van der Waals surface area contributed by atoms with E-state index in [1.807, 2.05) is 0 Å². The van der Waals surface area contributed by atoms with Crippen molar-refractivity contribution >= 4 is 11.8 Å². The summed E-state index contributed by atoms with van der Waals surface area (Å²) >= 11 is 0. The lowest BCUT2D eigenvalue weighted by atomic mass is 9.79. The smallest absolute Gasteiger partial charge is 0.245 e. The van der Waals surface area contributed by atoms with Gasteiger partial charge in [-0.2, -0.15) is 0 Å². The van der Waals surface area contributed by atoms with Crippen molar-refractivity contribution < 1.29 is 14.3 Å². The maximum atomic E-state index is 12.3. The molecule has 1 aliphatic heterocycles. The molecule has 2 aliphatic rings. The SMILES string of the molecule is CC(NC(=O)C1CCC(C)C(N)C1)C(=O)N1CCOCC1. The average molecular weight is 297 g/mol. The van der Waals surface area contributed by atoms with E-state index in [1.54, 1.807) is 11.8 Å². The van der Waals surface area contributed by atoms with Crippen LogP contribution >= 0.6 is 0 Å². The standard InChI is InChI=1S/C15H27N3O3/c1-10-3-4-12(9-13(10)16)14(19)17-11(2)15(20)18-5-7-21-8-6-18/h10-13H,3-9,16H2,1-2H3,(H,17,19). The van der Waals surface area contributed by atoms with E-state index in [0.717, 1.165) is 12.8 Å². The highest BCUT2D eigenvalue weighted by Crippen LogP contribution is 2.27. The van der Waals surface area contributed by atoms with Crippen LogP contribution in [-0.2, 0) is 14.3 Å². The molecule has 6 nitrogen and oxygen atoms in total. The Morgan fingerprint density at radius 1 is 1.29 bits per heavy atom. The second-order valence-electron chi connectivity index (χ2n) is 6.32. The molecule has 0 spiro atoms. The summed E-state index contributed by atoms with van der Waals surface area (Å²) in [6, 6.07) is -0.397. The summed E-state index contributed by atoms with van der Waals surface area (Å²) in [4.78, 5) is 26.3. The summed E-state index contributed by atoms with van der Waals surface area (Å²) in [7, 11) is 0. The first-order valence-electron chi connectivity index (χ1n) is 7.91. The van der Waals surface area contributed by atoms with E-state index < -0.39 is 6.04 Å². The van der Waals surface area contributed by atoms with Crippen molar-refractivity contribution in [3.8, 4) is 0 Å². The second-order valence-corrected chi connectivity index (χ2v) is 6.32. The number of nitrogens with zero attached hydrogens (tertiary/aromatic N) is 1. The molecule has 6 heteroatoms. The van der Waals surface area contributed by atoms with Crippen molar-refractivity contribution in [2.75, 3.05) is 26.3 Å². The van der Waals surface area contributed by atoms with Gasteiger partial charge >= 0.3 is 0 Å². The first-order valence-corrected chi connectivity index (χ1v) is 7.91. The Labute approximate surface area is 126 Å². The molecule has 1 heterocycles. The van der Waals surface area contributed by atoms with Gasteiger partial charge in [-0.3, -0.25) is 9.59 Å². The maximum Gasteiger partial charge on any atom is 0.245 e. The Hall–Kier alpha value is -1.14. The fourth-order valence-electron chi connectivity index (χ4n) is 3.05. The number of morpholine rings is 1. The highest BCUT2D eigenvalue weighted by Gasteiger charge is 2.31. The van der Waals surface area contributed by atoms with Crippen LogP contribution < -0.4 is 11.1 Å². The fraction of sp³-hybridized carbons (Fsp3) is 0.867. The minimum absolute atomic E-state index is 0.0277. The van der Waals surface area contributed by atoms with Gasteiger partial charge in [-0.1, -0.05) is 6.92 Å². The normalized spacial score (nSPS) is 31.6. The molecule has 2 rings (SSSR count). The zero-order valence-corrected chi connectivity index (χ0v) is 13.0. The molecule has 0 aromatic carbocycles. The van der Waals surface area contributed by atoms with Gasteiger partial charge in [0.25, 0.3) is 0 Å². The summed E-state index contributed by atoms with van der Waals surface area (Å²) in [6.45, 7) is 6.23. The fourth-order valence-corrected chi connectivity index (χ4v) is 3.05. The molecule has 4 unspecified atom stereocenters. The van der Waals surface area contributed by atoms with Crippen molar-refractivity contribution in [2.45, 2.75) is 45.2 Å². The lowest BCUT2D eigenvalue weighted by Crippen LogP contribution is -2.52. The Kier molecular flexibility index (Phi) is 5.58. The van der Waals surface area contributed by atoms with Crippen LogP contribution in [0.2, 0.25) is 0 Å². The van der Waals surface area contributed by atoms with Gasteiger partial charge in [0.1, 0.15) is 6.04 Å². The number of carbonyl (C=O) groups excluding carboxylic acids is 2. The van der Waals surface area contributed by atoms with E-state index >= 15 is 0 Å². The predicted molar refractivity (Wildman–Crippen MR) is 79.5 cm³/mol. The first-order chi connectivity index (χ1) is 9.99. The predicted octanol–water partition coefficient (Wildman–Crippen LogP) is 0.113. The Bertz CT molecular complexity index is 382. The number of amides is 2. The molecule has 21 heavy (non-hydrogen) atoms. The quantitative estimate of drug-likeness (QED) is 0.774. The summed E-state index contributed by atoms with van der Waals surface area (Å²) in [6.07, 6.45) is 2.55. The molecule has 120 valence electrons. The Morgan fingerprint density at radius 3 is 2.57 bits per heavy atom. The monoisotopic (exact) mass is 297 g/mol. The molecule has 2 amide bonds. The van der Waals surface area contributed by atoms with Crippen LogP contribution in [0.1, 0.15) is 33.1 Å². The minimum atomic E-state index is -0.480. The van der Waals surface area contributed by atoms with Crippen LogP contribution in [0.3, 0.4) is 0 Å². The van der Waals surface area contributed by atoms with Crippen molar-refractivity contribution in [1.29, 1.82) is 0 Å². The summed E-state index contributed by atoms with van der Waals surface area (Å²) in [5.74, 6) is 0.351. The van der Waals surface area contributed by atoms with Crippen LogP contribution in [0.4, 0.5) is 0 Å². The van der Waals surface area contributed by atoms with Gasteiger partial charge in [-0.05, 0) is 32.1 Å². The molecule has 3 N–H and O–H groups in total. The number of ether oxygens (including phenoxy) is 1.